The molecule has 1 amide bonds. The predicted octanol–water partition coefficient (Wildman–Crippen LogP) is 3.42. The van der Waals surface area contributed by atoms with Crippen molar-refractivity contribution >= 4 is 6.09 Å². The van der Waals surface area contributed by atoms with Gasteiger partial charge in [-0.1, -0.05) is 44.2 Å². The summed E-state index contributed by atoms with van der Waals surface area (Å²) in [6.45, 7) is 13.3. The summed E-state index contributed by atoms with van der Waals surface area (Å²) in [4.78, 5) is 14.3. The number of carbonyl (C=O) groups excluding carboxylic acids is 1. The van der Waals surface area contributed by atoms with Gasteiger partial charge in [0, 0.05) is 13.1 Å². The molecule has 1 rings (SSSR count). The van der Waals surface area contributed by atoms with Crippen LogP contribution < -0.4 is 5.32 Å². The summed E-state index contributed by atoms with van der Waals surface area (Å²) in [5, 5.41) is 13.8. The number of aliphatic hydroxyl groups is 1. The van der Waals surface area contributed by atoms with Gasteiger partial charge in [-0.3, -0.25) is 4.90 Å². The van der Waals surface area contributed by atoms with Gasteiger partial charge in [0.05, 0.1) is 12.1 Å². The highest BCUT2D eigenvalue weighted by Gasteiger charge is 2.30. The van der Waals surface area contributed by atoms with Crippen LogP contribution in [0.25, 0.3) is 0 Å². The number of ether oxygens (including phenoxy) is 1. The second kappa shape index (κ2) is 9.78. The molecule has 5 heteroatoms. The molecule has 0 fully saturated rings. The topological polar surface area (TPSA) is 61.8 Å². The SMILES string of the molecule is CC(C)CNC[C@@H](O)[C@H](C)N(Cc1ccccc1)C(=O)OC(C)(C)C. The van der Waals surface area contributed by atoms with Crippen molar-refractivity contribution in [3.8, 4) is 0 Å². The van der Waals surface area contributed by atoms with Crippen LogP contribution in [0, 0.1) is 5.92 Å². The van der Waals surface area contributed by atoms with Crippen LogP contribution in [0.15, 0.2) is 30.3 Å². The first kappa shape index (κ1) is 21.5. The molecule has 1 aromatic rings. The molecule has 0 radical (unpaired) electrons. The van der Waals surface area contributed by atoms with E-state index in [1.807, 2.05) is 58.0 Å². The van der Waals surface area contributed by atoms with Gasteiger partial charge in [-0.2, -0.15) is 0 Å². The number of carbonyl (C=O) groups is 1. The Hall–Kier alpha value is -1.59. The second-order valence-corrected chi connectivity index (χ2v) is 7.95. The maximum Gasteiger partial charge on any atom is 0.410 e. The summed E-state index contributed by atoms with van der Waals surface area (Å²) >= 11 is 0. The lowest BCUT2D eigenvalue weighted by Gasteiger charge is -2.34. The maximum absolute atomic E-state index is 12.7. The van der Waals surface area contributed by atoms with Crippen molar-refractivity contribution < 1.29 is 14.6 Å². The van der Waals surface area contributed by atoms with Gasteiger partial charge >= 0.3 is 6.09 Å². The molecule has 0 aromatic heterocycles. The van der Waals surface area contributed by atoms with Gasteiger partial charge in [0.15, 0.2) is 0 Å². The van der Waals surface area contributed by atoms with Crippen molar-refractivity contribution in [2.24, 2.45) is 5.92 Å². The van der Waals surface area contributed by atoms with Gasteiger partial charge in [-0.05, 0) is 45.7 Å². The third-order valence-corrected chi connectivity index (χ3v) is 3.78. The molecule has 0 aliphatic rings. The maximum atomic E-state index is 12.7. The average Bonchev–Trinajstić information content (AvgIpc) is 2.50. The van der Waals surface area contributed by atoms with Gasteiger partial charge in [0.25, 0.3) is 0 Å². The van der Waals surface area contributed by atoms with Gasteiger partial charge in [0.1, 0.15) is 5.60 Å². The van der Waals surface area contributed by atoms with Crippen molar-refractivity contribution in [2.75, 3.05) is 13.1 Å². The molecule has 0 saturated heterocycles. The quantitative estimate of drug-likeness (QED) is 0.754. The number of rotatable bonds is 8. The lowest BCUT2D eigenvalue weighted by molar-refractivity contribution is -0.00469. The third kappa shape index (κ3) is 8.36. The standard InChI is InChI=1S/C20H34N2O3/c1-15(2)12-21-13-18(23)16(3)22(19(24)25-20(4,5)6)14-17-10-8-7-9-11-17/h7-11,15-16,18,21,23H,12-14H2,1-6H3/t16-,18+/m0/s1. The fraction of sp³-hybridized carbons (Fsp3) is 0.650. The molecule has 25 heavy (non-hydrogen) atoms. The van der Waals surface area contributed by atoms with E-state index < -0.39 is 17.8 Å². The minimum Gasteiger partial charge on any atom is -0.444 e. The molecule has 0 saturated carbocycles. The molecule has 1 aromatic carbocycles. The molecule has 0 spiro atoms. The molecule has 2 atom stereocenters. The highest BCUT2D eigenvalue weighted by molar-refractivity contribution is 5.68. The largest absolute Gasteiger partial charge is 0.444 e. The molecule has 0 aliphatic heterocycles. The molecular weight excluding hydrogens is 316 g/mol. The summed E-state index contributed by atoms with van der Waals surface area (Å²) in [5.41, 5.74) is 0.426. The third-order valence-electron chi connectivity index (χ3n) is 3.78. The fourth-order valence-corrected chi connectivity index (χ4v) is 2.37. The summed E-state index contributed by atoms with van der Waals surface area (Å²) < 4.78 is 5.54. The van der Waals surface area contributed by atoms with Crippen LogP contribution >= 0.6 is 0 Å². The Bertz CT molecular complexity index is 511. The monoisotopic (exact) mass is 350 g/mol. The van der Waals surface area contributed by atoms with Gasteiger partial charge in [0.2, 0.25) is 0 Å². The van der Waals surface area contributed by atoms with Gasteiger partial charge < -0.3 is 15.2 Å². The normalized spacial score (nSPS) is 14.2. The highest BCUT2D eigenvalue weighted by Crippen LogP contribution is 2.17. The molecular formula is C20H34N2O3. The van der Waals surface area contributed by atoms with E-state index in [2.05, 4.69) is 19.2 Å². The molecule has 0 bridgehead atoms. The number of benzene rings is 1. The van der Waals surface area contributed by atoms with E-state index in [1.54, 1.807) is 4.90 Å². The minimum absolute atomic E-state index is 0.366. The van der Waals surface area contributed by atoms with Crippen molar-refractivity contribution in [1.29, 1.82) is 0 Å². The average molecular weight is 351 g/mol. The minimum atomic E-state index is -0.671. The Morgan fingerprint density at radius 3 is 2.28 bits per heavy atom. The molecule has 0 heterocycles. The van der Waals surface area contributed by atoms with Gasteiger partial charge in [-0.25, -0.2) is 4.79 Å². The number of hydrogen-bond acceptors (Lipinski definition) is 4. The van der Waals surface area contributed by atoms with E-state index >= 15 is 0 Å². The van der Waals surface area contributed by atoms with E-state index in [0.29, 0.717) is 19.0 Å². The Labute approximate surface area is 152 Å². The van der Waals surface area contributed by atoms with Crippen LogP contribution in [-0.2, 0) is 11.3 Å². The van der Waals surface area contributed by atoms with Crippen LogP contribution in [-0.4, -0.2) is 46.9 Å². The lowest BCUT2D eigenvalue weighted by atomic mass is 10.1. The zero-order chi connectivity index (χ0) is 19.0. The molecule has 142 valence electrons. The molecule has 2 N–H and O–H groups in total. The predicted molar refractivity (Wildman–Crippen MR) is 101 cm³/mol. The number of hydrogen-bond donors (Lipinski definition) is 2. The number of nitrogens with one attached hydrogen (secondary N) is 1. The lowest BCUT2D eigenvalue weighted by Crippen LogP contribution is -2.49. The Morgan fingerprint density at radius 2 is 1.76 bits per heavy atom. The highest BCUT2D eigenvalue weighted by atomic mass is 16.6. The van der Waals surface area contributed by atoms with E-state index in [0.717, 1.165) is 12.1 Å². The van der Waals surface area contributed by atoms with Crippen molar-refractivity contribution in [2.45, 2.75) is 65.8 Å². The number of aliphatic hydroxyl groups excluding tert-OH is 1. The van der Waals surface area contributed by atoms with Gasteiger partial charge in [-0.15, -0.1) is 0 Å². The van der Waals surface area contributed by atoms with Crippen LogP contribution in [0.2, 0.25) is 0 Å². The Kier molecular flexibility index (Phi) is 8.39. The van der Waals surface area contributed by atoms with Crippen LogP contribution in [0.1, 0.15) is 47.1 Å². The first-order chi connectivity index (χ1) is 11.6. The summed E-state index contributed by atoms with van der Waals surface area (Å²) in [6.07, 6.45) is -1.08. The zero-order valence-electron chi connectivity index (χ0n) is 16.5. The molecule has 0 aliphatic carbocycles. The van der Waals surface area contributed by atoms with Crippen molar-refractivity contribution in [1.82, 2.24) is 10.2 Å². The van der Waals surface area contributed by atoms with Crippen LogP contribution in [0.4, 0.5) is 4.79 Å². The van der Waals surface area contributed by atoms with Crippen molar-refractivity contribution in [3.05, 3.63) is 35.9 Å². The zero-order valence-corrected chi connectivity index (χ0v) is 16.5. The summed E-state index contributed by atoms with van der Waals surface area (Å²) in [6, 6.07) is 9.38. The second-order valence-electron chi connectivity index (χ2n) is 7.95. The van der Waals surface area contributed by atoms with Crippen molar-refractivity contribution in [3.63, 3.8) is 0 Å². The number of nitrogens with zero attached hydrogens (tertiary/aromatic N) is 1. The fourth-order valence-electron chi connectivity index (χ4n) is 2.37. The summed E-state index contributed by atoms with van der Waals surface area (Å²) in [7, 11) is 0. The van der Waals surface area contributed by atoms with E-state index in [4.69, 9.17) is 4.74 Å². The first-order valence-corrected chi connectivity index (χ1v) is 9.02. The van der Waals surface area contributed by atoms with E-state index in [-0.39, 0.29) is 6.04 Å². The smallest absolute Gasteiger partial charge is 0.410 e. The Balaban J connectivity index is 2.83. The van der Waals surface area contributed by atoms with Crippen LogP contribution in [0.3, 0.4) is 0 Å². The Morgan fingerprint density at radius 1 is 1.16 bits per heavy atom. The van der Waals surface area contributed by atoms with E-state index in [1.165, 1.54) is 0 Å². The summed E-state index contributed by atoms with van der Waals surface area (Å²) in [5.74, 6) is 0.508. The molecule has 0 unspecified atom stereocenters. The first-order valence-electron chi connectivity index (χ1n) is 9.02. The number of amides is 1. The van der Waals surface area contributed by atoms with E-state index in [9.17, 15) is 9.90 Å². The molecule has 5 nitrogen and oxygen atoms in total. The van der Waals surface area contributed by atoms with Crippen LogP contribution in [0.5, 0.6) is 0 Å².